The van der Waals surface area contributed by atoms with Gasteiger partial charge in [-0.25, -0.2) is 0 Å². The zero-order chi connectivity index (χ0) is 12.6. The SMILES string of the molecule is S=C(NCCc1cccnc1)NC1CCCCC1. The topological polar surface area (TPSA) is 37.0 Å². The average molecular weight is 263 g/mol. The normalized spacial score (nSPS) is 16.2. The lowest BCUT2D eigenvalue weighted by Gasteiger charge is -2.24. The Kier molecular flexibility index (Phi) is 5.39. The van der Waals surface area contributed by atoms with E-state index >= 15 is 0 Å². The molecule has 18 heavy (non-hydrogen) atoms. The van der Waals surface area contributed by atoms with Gasteiger partial charge in [-0.2, -0.15) is 0 Å². The molecule has 0 spiro atoms. The summed E-state index contributed by atoms with van der Waals surface area (Å²) in [5, 5.41) is 7.48. The van der Waals surface area contributed by atoms with E-state index in [0.29, 0.717) is 6.04 Å². The third kappa shape index (κ3) is 4.61. The van der Waals surface area contributed by atoms with Crippen molar-refractivity contribution in [3.63, 3.8) is 0 Å². The van der Waals surface area contributed by atoms with Gasteiger partial charge in [-0.15, -0.1) is 0 Å². The summed E-state index contributed by atoms with van der Waals surface area (Å²) in [6, 6.07) is 4.64. The third-order valence-corrected chi connectivity index (χ3v) is 3.62. The Morgan fingerprint density at radius 3 is 2.89 bits per heavy atom. The maximum absolute atomic E-state index is 5.31. The van der Waals surface area contributed by atoms with E-state index in [9.17, 15) is 0 Å². The van der Waals surface area contributed by atoms with E-state index in [4.69, 9.17) is 12.2 Å². The van der Waals surface area contributed by atoms with Crippen molar-refractivity contribution in [3.8, 4) is 0 Å². The molecule has 0 saturated heterocycles. The van der Waals surface area contributed by atoms with E-state index in [-0.39, 0.29) is 0 Å². The molecule has 1 aliphatic carbocycles. The number of nitrogens with zero attached hydrogens (tertiary/aromatic N) is 1. The van der Waals surface area contributed by atoms with Gasteiger partial charge < -0.3 is 10.6 Å². The molecule has 0 atom stereocenters. The summed E-state index contributed by atoms with van der Waals surface area (Å²) in [6.07, 6.45) is 11.2. The van der Waals surface area contributed by atoms with Crippen LogP contribution in [0.2, 0.25) is 0 Å². The Morgan fingerprint density at radius 2 is 2.17 bits per heavy atom. The maximum atomic E-state index is 5.31. The summed E-state index contributed by atoms with van der Waals surface area (Å²) < 4.78 is 0. The van der Waals surface area contributed by atoms with E-state index in [1.54, 1.807) is 6.20 Å². The first kappa shape index (κ1) is 13.3. The molecule has 1 aromatic heterocycles. The molecule has 0 aromatic carbocycles. The molecule has 3 nitrogen and oxygen atoms in total. The first-order valence-corrected chi connectivity index (χ1v) is 7.19. The first-order chi connectivity index (χ1) is 8.84. The van der Waals surface area contributed by atoms with Crippen molar-refractivity contribution in [2.45, 2.75) is 44.6 Å². The van der Waals surface area contributed by atoms with E-state index in [2.05, 4.69) is 21.7 Å². The zero-order valence-electron chi connectivity index (χ0n) is 10.7. The summed E-state index contributed by atoms with van der Waals surface area (Å²) >= 11 is 5.31. The molecule has 0 radical (unpaired) electrons. The predicted octanol–water partition coefficient (Wildman–Crippen LogP) is 2.42. The highest BCUT2D eigenvalue weighted by atomic mass is 32.1. The Hall–Kier alpha value is -1.16. The fourth-order valence-corrected chi connectivity index (χ4v) is 2.62. The molecule has 0 aliphatic heterocycles. The molecule has 0 bridgehead atoms. The second-order valence-corrected chi connectivity index (χ2v) is 5.25. The molecule has 4 heteroatoms. The van der Waals surface area contributed by atoms with Crippen molar-refractivity contribution >= 4 is 17.3 Å². The number of pyridine rings is 1. The van der Waals surface area contributed by atoms with Crippen molar-refractivity contribution in [1.29, 1.82) is 0 Å². The summed E-state index contributed by atoms with van der Waals surface area (Å²) in [5.74, 6) is 0. The van der Waals surface area contributed by atoms with Crippen LogP contribution in [0, 0.1) is 0 Å². The minimum atomic E-state index is 0.581. The van der Waals surface area contributed by atoms with E-state index in [0.717, 1.165) is 18.1 Å². The Labute approximate surface area is 114 Å². The molecule has 98 valence electrons. The van der Waals surface area contributed by atoms with Crippen molar-refractivity contribution in [1.82, 2.24) is 15.6 Å². The van der Waals surface area contributed by atoms with Crippen LogP contribution < -0.4 is 10.6 Å². The van der Waals surface area contributed by atoms with Gasteiger partial charge in [0.2, 0.25) is 0 Å². The van der Waals surface area contributed by atoms with Crippen LogP contribution in [0.3, 0.4) is 0 Å². The maximum Gasteiger partial charge on any atom is 0.166 e. The van der Waals surface area contributed by atoms with Gasteiger partial charge in [-0.1, -0.05) is 25.3 Å². The first-order valence-electron chi connectivity index (χ1n) is 6.78. The van der Waals surface area contributed by atoms with Crippen LogP contribution >= 0.6 is 12.2 Å². The van der Waals surface area contributed by atoms with Crippen molar-refractivity contribution in [2.75, 3.05) is 6.54 Å². The fourth-order valence-electron chi connectivity index (χ4n) is 2.35. The van der Waals surface area contributed by atoms with E-state index < -0.39 is 0 Å². The highest BCUT2D eigenvalue weighted by Crippen LogP contribution is 2.17. The largest absolute Gasteiger partial charge is 0.362 e. The smallest absolute Gasteiger partial charge is 0.166 e. The minimum absolute atomic E-state index is 0.581. The Bertz CT molecular complexity index is 361. The second kappa shape index (κ2) is 7.31. The molecular formula is C14H21N3S. The van der Waals surface area contributed by atoms with Crippen molar-refractivity contribution < 1.29 is 0 Å². The molecule has 0 unspecified atom stereocenters. The molecule has 0 amide bonds. The van der Waals surface area contributed by atoms with Gasteiger partial charge >= 0.3 is 0 Å². The third-order valence-electron chi connectivity index (χ3n) is 3.36. The van der Waals surface area contributed by atoms with Crippen molar-refractivity contribution in [2.24, 2.45) is 0 Å². The van der Waals surface area contributed by atoms with Gasteiger partial charge in [0.1, 0.15) is 0 Å². The number of hydrogen-bond acceptors (Lipinski definition) is 2. The monoisotopic (exact) mass is 263 g/mol. The molecule has 1 saturated carbocycles. The van der Waals surface area contributed by atoms with Crippen molar-refractivity contribution in [3.05, 3.63) is 30.1 Å². The fraction of sp³-hybridized carbons (Fsp3) is 0.571. The van der Waals surface area contributed by atoms with Crippen LogP contribution in [0.5, 0.6) is 0 Å². The summed E-state index contributed by atoms with van der Waals surface area (Å²) in [5.41, 5.74) is 1.24. The Balaban J connectivity index is 1.62. The number of nitrogens with one attached hydrogen (secondary N) is 2. The highest BCUT2D eigenvalue weighted by Gasteiger charge is 2.13. The minimum Gasteiger partial charge on any atom is -0.362 e. The standard InChI is InChI=1S/C14H21N3S/c18-14(17-13-6-2-1-3-7-13)16-10-8-12-5-4-9-15-11-12/h4-5,9,11,13H,1-3,6-8,10H2,(H2,16,17,18). The molecule has 1 aromatic rings. The van der Waals surface area contributed by atoms with Crippen LogP contribution in [-0.2, 0) is 6.42 Å². The van der Waals surface area contributed by atoms with Gasteiger partial charge in [0, 0.05) is 25.0 Å². The van der Waals surface area contributed by atoms with Crippen LogP contribution in [0.15, 0.2) is 24.5 Å². The van der Waals surface area contributed by atoms with E-state index in [1.807, 2.05) is 12.3 Å². The summed E-state index contributed by atoms with van der Waals surface area (Å²) in [6.45, 7) is 0.865. The predicted molar refractivity (Wildman–Crippen MR) is 78.6 cm³/mol. The van der Waals surface area contributed by atoms with Crippen LogP contribution in [0.1, 0.15) is 37.7 Å². The van der Waals surface area contributed by atoms with Crippen LogP contribution in [0.4, 0.5) is 0 Å². The quantitative estimate of drug-likeness (QED) is 0.818. The number of hydrogen-bond donors (Lipinski definition) is 2. The van der Waals surface area contributed by atoms with Crippen LogP contribution in [0.25, 0.3) is 0 Å². The molecule has 1 fully saturated rings. The lowest BCUT2D eigenvalue weighted by atomic mass is 9.96. The average Bonchev–Trinajstić information content (AvgIpc) is 2.41. The van der Waals surface area contributed by atoms with E-state index in [1.165, 1.54) is 37.7 Å². The lowest BCUT2D eigenvalue weighted by Crippen LogP contribution is -2.43. The van der Waals surface area contributed by atoms with Gasteiger partial charge in [0.15, 0.2) is 5.11 Å². The molecule has 2 rings (SSSR count). The van der Waals surface area contributed by atoms with Gasteiger partial charge in [-0.3, -0.25) is 4.98 Å². The molecule has 2 N–H and O–H groups in total. The Morgan fingerprint density at radius 1 is 1.33 bits per heavy atom. The second-order valence-electron chi connectivity index (χ2n) is 4.85. The number of thiocarbonyl (C=S) groups is 1. The molecular weight excluding hydrogens is 242 g/mol. The highest BCUT2D eigenvalue weighted by molar-refractivity contribution is 7.80. The zero-order valence-corrected chi connectivity index (χ0v) is 11.5. The van der Waals surface area contributed by atoms with Gasteiger partial charge in [0.05, 0.1) is 0 Å². The van der Waals surface area contributed by atoms with Gasteiger partial charge in [0.25, 0.3) is 0 Å². The summed E-state index contributed by atoms with van der Waals surface area (Å²) in [4.78, 5) is 4.10. The number of rotatable bonds is 4. The van der Waals surface area contributed by atoms with Gasteiger partial charge in [-0.05, 0) is 43.1 Å². The number of aromatic nitrogens is 1. The molecule has 1 heterocycles. The lowest BCUT2D eigenvalue weighted by molar-refractivity contribution is 0.412. The summed E-state index contributed by atoms with van der Waals surface area (Å²) in [7, 11) is 0. The van der Waals surface area contributed by atoms with Crippen LogP contribution in [-0.4, -0.2) is 22.7 Å². The molecule has 1 aliphatic rings.